The number of hydrogen-bond donors (Lipinski definition) is 1. The number of hydrogen-bond acceptors (Lipinski definition) is 3. The predicted octanol–water partition coefficient (Wildman–Crippen LogP) is 5.10. The quantitative estimate of drug-likeness (QED) is 0.670. The van der Waals surface area contributed by atoms with E-state index in [2.05, 4.69) is 26.2 Å². The van der Waals surface area contributed by atoms with Gasteiger partial charge in [0.2, 0.25) is 0 Å². The van der Waals surface area contributed by atoms with Crippen LogP contribution < -0.4 is 5.32 Å². The van der Waals surface area contributed by atoms with E-state index < -0.39 is 11.7 Å². The third-order valence-corrected chi connectivity index (χ3v) is 4.47. The van der Waals surface area contributed by atoms with Crippen molar-refractivity contribution < 1.29 is 13.6 Å². The molecule has 0 aliphatic rings. The zero-order valence-electron chi connectivity index (χ0n) is 11.5. The van der Waals surface area contributed by atoms with Crippen molar-refractivity contribution in [3.05, 3.63) is 69.5 Å². The van der Waals surface area contributed by atoms with Crippen LogP contribution in [0.3, 0.4) is 0 Å². The SMILES string of the molecule is O=C(Nc1nc(-c2cccc(F)c2)cs1)c1cc(F)ccc1Br. The van der Waals surface area contributed by atoms with Crippen LogP contribution in [-0.2, 0) is 0 Å². The molecule has 2 aromatic carbocycles. The van der Waals surface area contributed by atoms with Crippen LogP contribution in [0.25, 0.3) is 11.3 Å². The summed E-state index contributed by atoms with van der Waals surface area (Å²) in [6.07, 6.45) is 0. The lowest BCUT2D eigenvalue weighted by Gasteiger charge is -2.04. The number of thiazole rings is 1. The maximum atomic E-state index is 13.3. The topological polar surface area (TPSA) is 42.0 Å². The fraction of sp³-hybridized carbons (Fsp3) is 0. The molecule has 0 spiro atoms. The molecular formula is C16H9BrF2N2OS. The number of anilines is 1. The van der Waals surface area contributed by atoms with Crippen LogP contribution in [0.2, 0.25) is 0 Å². The van der Waals surface area contributed by atoms with Gasteiger partial charge >= 0.3 is 0 Å². The standard InChI is InChI=1S/C16H9BrF2N2OS/c17-13-5-4-11(19)7-12(13)15(22)21-16-20-14(8-23-16)9-2-1-3-10(18)6-9/h1-8H,(H,20,21,22). The van der Waals surface area contributed by atoms with Crippen LogP contribution in [0.4, 0.5) is 13.9 Å². The molecule has 0 fully saturated rings. The van der Waals surface area contributed by atoms with Crippen molar-refractivity contribution in [1.29, 1.82) is 0 Å². The third kappa shape index (κ3) is 3.62. The molecule has 0 aliphatic carbocycles. The molecule has 1 amide bonds. The van der Waals surface area contributed by atoms with Crippen molar-refractivity contribution in [2.24, 2.45) is 0 Å². The van der Waals surface area contributed by atoms with Crippen LogP contribution in [0.1, 0.15) is 10.4 Å². The average Bonchev–Trinajstić information content (AvgIpc) is 2.98. The number of carbonyl (C=O) groups is 1. The van der Waals surface area contributed by atoms with Gasteiger partial charge in [-0.25, -0.2) is 13.8 Å². The number of benzene rings is 2. The molecule has 0 saturated carbocycles. The molecule has 0 unspecified atom stereocenters. The average molecular weight is 395 g/mol. The number of aromatic nitrogens is 1. The summed E-state index contributed by atoms with van der Waals surface area (Å²) < 4.78 is 27.0. The van der Waals surface area contributed by atoms with Crippen molar-refractivity contribution in [3.8, 4) is 11.3 Å². The fourth-order valence-electron chi connectivity index (χ4n) is 1.95. The zero-order chi connectivity index (χ0) is 16.4. The van der Waals surface area contributed by atoms with Crippen LogP contribution in [0, 0.1) is 11.6 Å². The second-order valence-electron chi connectivity index (χ2n) is 4.63. The third-order valence-electron chi connectivity index (χ3n) is 3.02. The van der Waals surface area contributed by atoms with E-state index in [9.17, 15) is 13.6 Å². The van der Waals surface area contributed by atoms with Gasteiger partial charge in [-0.3, -0.25) is 10.1 Å². The van der Waals surface area contributed by atoms with Crippen LogP contribution >= 0.6 is 27.3 Å². The van der Waals surface area contributed by atoms with Gasteiger partial charge in [-0.1, -0.05) is 12.1 Å². The Bertz CT molecular complexity index is 882. The molecule has 3 aromatic rings. The minimum atomic E-state index is -0.502. The second kappa shape index (κ2) is 6.55. The summed E-state index contributed by atoms with van der Waals surface area (Å²) in [5.74, 6) is -1.33. The zero-order valence-corrected chi connectivity index (χ0v) is 13.9. The van der Waals surface area contributed by atoms with Crippen molar-refractivity contribution in [2.45, 2.75) is 0 Å². The molecule has 1 aromatic heterocycles. The lowest BCUT2D eigenvalue weighted by molar-refractivity contribution is 0.102. The summed E-state index contributed by atoms with van der Waals surface area (Å²) in [5, 5.41) is 4.67. The minimum absolute atomic E-state index is 0.174. The van der Waals surface area contributed by atoms with Crippen molar-refractivity contribution in [3.63, 3.8) is 0 Å². The van der Waals surface area contributed by atoms with E-state index in [1.807, 2.05) is 0 Å². The van der Waals surface area contributed by atoms with Gasteiger partial charge in [0.15, 0.2) is 5.13 Å². The summed E-state index contributed by atoms with van der Waals surface area (Å²) in [5.41, 5.74) is 1.35. The summed E-state index contributed by atoms with van der Waals surface area (Å²) >= 11 is 4.42. The van der Waals surface area contributed by atoms with E-state index in [0.29, 0.717) is 20.9 Å². The highest BCUT2D eigenvalue weighted by Gasteiger charge is 2.14. The Morgan fingerprint density at radius 1 is 1.13 bits per heavy atom. The lowest BCUT2D eigenvalue weighted by Crippen LogP contribution is -2.12. The molecule has 0 radical (unpaired) electrons. The number of carbonyl (C=O) groups excluding carboxylic acids is 1. The normalized spacial score (nSPS) is 10.6. The number of nitrogens with one attached hydrogen (secondary N) is 1. The van der Waals surface area contributed by atoms with Crippen molar-refractivity contribution in [1.82, 2.24) is 4.98 Å². The van der Waals surface area contributed by atoms with Gasteiger partial charge in [0.25, 0.3) is 5.91 Å². The summed E-state index contributed by atoms with van der Waals surface area (Å²) in [4.78, 5) is 16.4. The predicted molar refractivity (Wildman–Crippen MR) is 89.6 cm³/mol. The van der Waals surface area contributed by atoms with Gasteiger partial charge in [0.1, 0.15) is 11.6 Å². The molecule has 23 heavy (non-hydrogen) atoms. The largest absolute Gasteiger partial charge is 0.298 e. The molecule has 0 saturated heterocycles. The molecule has 116 valence electrons. The second-order valence-corrected chi connectivity index (χ2v) is 6.34. The summed E-state index contributed by atoms with van der Waals surface area (Å²) in [7, 11) is 0. The van der Waals surface area contributed by atoms with Gasteiger partial charge in [0.05, 0.1) is 11.3 Å². The molecule has 0 atom stereocenters. The monoisotopic (exact) mass is 394 g/mol. The summed E-state index contributed by atoms with van der Waals surface area (Å²) in [6.45, 7) is 0. The molecule has 3 rings (SSSR count). The van der Waals surface area contributed by atoms with E-state index in [-0.39, 0.29) is 11.4 Å². The van der Waals surface area contributed by atoms with Gasteiger partial charge in [0, 0.05) is 15.4 Å². The van der Waals surface area contributed by atoms with Crippen LogP contribution in [-0.4, -0.2) is 10.9 Å². The smallest absolute Gasteiger partial charge is 0.258 e. The Kier molecular flexibility index (Phi) is 4.49. The van der Waals surface area contributed by atoms with E-state index in [1.54, 1.807) is 17.5 Å². The molecular weight excluding hydrogens is 386 g/mol. The molecule has 1 N–H and O–H groups in total. The molecule has 3 nitrogen and oxygen atoms in total. The van der Waals surface area contributed by atoms with Crippen LogP contribution in [0.5, 0.6) is 0 Å². The van der Waals surface area contributed by atoms with Gasteiger partial charge in [-0.05, 0) is 46.3 Å². The number of amides is 1. The van der Waals surface area contributed by atoms with Crippen molar-refractivity contribution >= 4 is 38.3 Å². The van der Waals surface area contributed by atoms with Gasteiger partial charge < -0.3 is 0 Å². The minimum Gasteiger partial charge on any atom is -0.298 e. The highest BCUT2D eigenvalue weighted by Crippen LogP contribution is 2.26. The molecule has 1 heterocycles. The molecule has 0 bridgehead atoms. The van der Waals surface area contributed by atoms with Crippen molar-refractivity contribution in [2.75, 3.05) is 5.32 Å². The first-order valence-corrected chi connectivity index (χ1v) is 8.18. The highest BCUT2D eigenvalue weighted by atomic mass is 79.9. The first-order valence-electron chi connectivity index (χ1n) is 6.51. The maximum Gasteiger partial charge on any atom is 0.258 e. The lowest BCUT2D eigenvalue weighted by atomic mass is 10.2. The van der Waals surface area contributed by atoms with Gasteiger partial charge in [-0.15, -0.1) is 11.3 Å². The van der Waals surface area contributed by atoms with E-state index >= 15 is 0 Å². The highest BCUT2D eigenvalue weighted by molar-refractivity contribution is 9.10. The Morgan fingerprint density at radius 3 is 2.70 bits per heavy atom. The first kappa shape index (κ1) is 15.8. The number of rotatable bonds is 3. The van der Waals surface area contributed by atoms with E-state index in [4.69, 9.17) is 0 Å². The molecule has 7 heteroatoms. The summed E-state index contributed by atoms with van der Waals surface area (Å²) in [6, 6.07) is 9.89. The Balaban J connectivity index is 1.81. The van der Waals surface area contributed by atoms with E-state index in [1.165, 1.54) is 35.6 Å². The molecule has 0 aliphatic heterocycles. The Morgan fingerprint density at radius 2 is 1.91 bits per heavy atom. The van der Waals surface area contributed by atoms with E-state index in [0.717, 1.165) is 6.07 Å². The number of halogens is 3. The fourth-order valence-corrected chi connectivity index (χ4v) is 3.09. The first-order chi connectivity index (χ1) is 11.0. The van der Waals surface area contributed by atoms with Gasteiger partial charge in [-0.2, -0.15) is 0 Å². The Labute approximate surface area is 143 Å². The maximum absolute atomic E-state index is 13.3. The Hall–Kier alpha value is -2.12. The van der Waals surface area contributed by atoms with Crippen LogP contribution in [0.15, 0.2) is 52.3 Å². The number of nitrogens with zero attached hydrogens (tertiary/aromatic N) is 1.